The first-order valence-corrected chi connectivity index (χ1v) is 7.08. The van der Waals surface area contributed by atoms with Gasteiger partial charge in [-0.15, -0.1) is 40.6 Å². The van der Waals surface area contributed by atoms with E-state index < -0.39 is 0 Å². The topological polar surface area (TPSA) is 0 Å². The third kappa shape index (κ3) is 215. The van der Waals surface area contributed by atoms with Crippen LogP contribution in [0.3, 0.4) is 0 Å². The highest BCUT2D eigenvalue weighted by molar-refractivity contribution is 6.54. The van der Waals surface area contributed by atoms with Gasteiger partial charge in [0.2, 0.25) is 0 Å². The van der Waals surface area contributed by atoms with Crippen LogP contribution in [0.4, 0.5) is 0 Å². The molecule has 0 saturated heterocycles. The molecule has 0 aliphatic carbocycles. The van der Waals surface area contributed by atoms with Crippen LogP contribution in [0, 0.1) is 0 Å². The van der Waals surface area contributed by atoms with Crippen LogP contribution in [0.1, 0.15) is 6.92 Å². The molecule has 0 rings (SSSR count). The molecular formula is C5H13AlCl2. The number of alkyl halides is 2. The average molecular weight is 171 g/mol. The second kappa shape index (κ2) is 8.11. The molecule has 0 radical (unpaired) electrons. The number of hydrogen-bond acceptors (Lipinski definition) is 0. The van der Waals surface area contributed by atoms with Gasteiger partial charge in [-0.1, -0.05) is 0 Å². The highest BCUT2D eigenvalue weighted by atomic mass is 35.5. The average Bonchev–Trinajstić information content (AvgIpc) is 1.25. The molecule has 0 aromatic carbocycles. The molecule has 3 heteroatoms. The zero-order chi connectivity index (χ0) is 7.15. The molecule has 0 N–H and O–H groups in total. The molecule has 0 amide bonds. The van der Waals surface area contributed by atoms with Crippen LogP contribution in [0.15, 0.2) is 0 Å². The van der Waals surface area contributed by atoms with Crippen LogP contribution in [-0.4, -0.2) is 19.0 Å². The third-order valence-corrected chi connectivity index (χ3v) is 0. The second-order valence-electron chi connectivity index (χ2n) is 2.25. The summed E-state index contributed by atoms with van der Waals surface area (Å²) >= 11 is 9.94. The molecular weight excluding hydrogens is 158 g/mol. The Kier molecular flexibility index (Phi) is 12.0. The highest BCUT2D eigenvalue weighted by Crippen LogP contribution is 1.95. The minimum absolute atomic E-state index is 0.139. The smallest absolute Gasteiger partial charge is 0.106 e. The Bertz CT molecular complexity index is 25.9. The normalized spacial score (nSPS) is 7.88. The van der Waals surface area contributed by atoms with Crippen molar-refractivity contribution in [2.75, 3.05) is 0 Å². The molecule has 0 unspecified atom stereocenters. The molecule has 0 aromatic rings. The van der Waals surface area contributed by atoms with Gasteiger partial charge in [-0.3, -0.25) is 0 Å². The van der Waals surface area contributed by atoms with Crippen molar-refractivity contribution in [3.05, 3.63) is 0 Å². The monoisotopic (exact) mass is 170 g/mol. The molecule has 0 nitrogen and oxygen atoms in total. The molecule has 0 spiro atoms. The van der Waals surface area contributed by atoms with Gasteiger partial charge in [-0.05, 0) is 6.92 Å². The highest BCUT2D eigenvalue weighted by Gasteiger charge is 1.81. The first-order chi connectivity index (χ1) is 3.46. The standard InChI is InChI=1S/C2H4Cl2.3CH3.Al/c1-2(3)4;;;;/h2H,1H3;3*1H3;. The minimum atomic E-state index is -0.222. The predicted octanol–water partition coefficient (Wildman–Crippen LogP) is 3.18. The lowest BCUT2D eigenvalue weighted by atomic mass is 11.0. The van der Waals surface area contributed by atoms with Crippen molar-refractivity contribution in [2.24, 2.45) is 0 Å². The summed E-state index contributed by atoms with van der Waals surface area (Å²) in [6, 6.07) is 0. The molecule has 0 bridgehead atoms. The van der Waals surface area contributed by atoms with E-state index in [4.69, 9.17) is 23.2 Å². The summed E-state index contributed by atoms with van der Waals surface area (Å²) in [5.41, 5.74) is 0. The molecule has 0 atom stereocenters. The SMILES string of the molecule is CC(Cl)Cl.[CH3][Al]([CH3])[CH3]. The molecule has 0 heterocycles. The Balaban J connectivity index is 0. The van der Waals surface area contributed by atoms with Crippen molar-refractivity contribution in [3.63, 3.8) is 0 Å². The summed E-state index contributed by atoms with van der Waals surface area (Å²) in [5, 5.41) is 0. The van der Waals surface area contributed by atoms with Crippen molar-refractivity contribution in [3.8, 4) is 0 Å². The van der Waals surface area contributed by atoms with E-state index in [-0.39, 0.29) is 19.0 Å². The number of halogens is 2. The molecule has 0 aromatic heterocycles. The fourth-order valence-corrected chi connectivity index (χ4v) is 0. The first kappa shape index (κ1) is 11.9. The molecule has 0 saturated carbocycles. The van der Waals surface area contributed by atoms with Gasteiger partial charge in [0.25, 0.3) is 14.1 Å². The minimum Gasteiger partial charge on any atom is -0.106 e. The zero-order valence-corrected chi connectivity index (χ0v) is 8.58. The van der Waals surface area contributed by atoms with E-state index in [9.17, 15) is 0 Å². The Labute approximate surface area is 66.6 Å². The van der Waals surface area contributed by atoms with Crippen molar-refractivity contribution >= 4 is 37.4 Å². The van der Waals surface area contributed by atoms with Crippen molar-refractivity contribution < 1.29 is 0 Å². The van der Waals surface area contributed by atoms with Gasteiger partial charge in [0.15, 0.2) is 0 Å². The molecule has 50 valence electrons. The van der Waals surface area contributed by atoms with Crippen LogP contribution >= 0.6 is 23.2 Å². The van der Waals surface area contributed by atoms with Gasteiger partial charge >= 0.3 is 0 Å². The summed E-state index contributed by atoms with van der Waals surface area (Å²) in [6.45, 7) is 1.70. The first-order valence-electron chi connectivity index (χ1n) is 2.75. The summed E-state index contributed by atoms with van der Waals surface area (Å²) < 4.78 is 0. The van der Waals surface area contributed by atoms with Crippen LogP contribution < -0.4 is 0 Å². The van der Waals surface area contributed by atoms with Gasteiger partial charge in [0, 0.05) is 0 Å². The van der Waals surface area contributed by atoms with Gasteiger partial charge in [-0.25, -0.2) is 0 Å². The van der Waals surface area contributed by atoms with E-state index in [1.165, 1.54) is 0 Å². The summed E-state index contributed by atoms with van der Waals surface area (Å²) in [4.78, 5) is -0.222. The largest absolute Gasteiger partial charge is 0.251 e. The second-order valence-corrected chi connectivity index (χ2v) is 7.25. The Morgan fingerprint density at radius 3 is 1.12 bits per heavy atom. The molecule has 0 aliphatic heterocycles. The van der Waals surface area contributed by atoms with Gasteiger partial charge in [0.1, 0.15) is 4.84 Å². The molecule has 0 aliphatic rings. The third-order valence-electron chi connectivity index (χ3n) is 0. The summed E-state index contributed by atoms with van der Waals surface area (Å²) in [6.07, 6.45) is 0. The van der Waals surface area contributed by atoms with Crippen LogP contribution in [0.2, 0.25) is 17.4 Å². The van der Waals surface area contributed by atoms with E-state index in [1.54, 1.807) is 6.92 Å². The van der Waals surface area contributed by atoms with E-state index in [2.05, 4.69) is 17.4 Å². The maximum Gasteiger partial charge on any atom is 0.251 e. The fourth-order valence-electron chi connectivity index (χ4n) is 0. The van der Waals surface area contributed by atoms with Gasteiger partial charge < -0.3 is 0 Å². The van der Waals surface area contributed by atoms with Gasteiger partial charge in [-0.2, -0.15) is 0 Å². The maximum atomic E-state index is 5.04. The summed E-state index contributed by atoms with van der Waals surface area (Å²) in [7, 11) is 0. The van der Waals surface area contributed by atoms with Crippen LogP contribution in [0.5, 0.6) is 0 Å². The lowest BCUT2D eigenvalue weighted by molar-refractivity contribution is 1.39. The predicted molar refractivity (Wildman–Crippen MR) is 44.5 cm³/mol. The lowest BCUT2D eigenvalue weighted by Gasteiger charge is -1.72. The van der Waals surface area contributed by atoms with E-state index in [0.717, 1.165) is 0 Å². The summed E-state index contributed by atoms with van der Waals surface area (Å²) in [5.74, 6) is 6.92. The Morgan fingerprint density at radius 2 is 1.12 bits per heavy atom. The van der Waals surface area contributed by atoms with Crippen molar-refractivity contribution in [1.82, 2.24) is 0 Å². The van der Waals surface area contributed by atoms with E-state index in [0.29, 0.717) is 0 Å². The van der Waals surface area contributed by atoms with Gasteiger partial charge in [0.05, 0.1) is 0 Å². The molecule has 8 heavy (non-hydrogen) atoms. The molecule has 0 fully saturated rings. The maximum absolute atomic E-state index is 5.04. The van der Waals surface area contributed by atoms with E-state index >= 15 is 0 Å². The quantitative estimate of drug-likeness (QED) is 0.387. The number of hydrogen-bond donors (Lipinski definition) is 0. The van der Waals surface area contributed by atoms with Crippen LogP contribution in [0.25, 0.3) is 0 Å². The Hall–Kier alpha value is 1.11. The Morgan fingerprint density at radius 1 is 1.12 bits per heavy atom. The van der Waals surface area contributed by atoms with Crippen LogP contribution in [-0.2, 0) is 0 Å². The van der Waals surface area contributed by atoms with Crippen molar-refractivity contribution in [2.45, 2.75) is 29.1 Å². The lowest BCUT2D eigenvalue weighted by Crippen LogP contribution is -1.84. The fraction of sp³-hybridized carbons (Fsp3) is 1.00. The van der Waals surface area contributed by atoms with Crippen molar-refractivity contribution in [1.29, 1.82) is 0 Å². The number of rotatable bonds is 0. The van der Waals surface area contributed by atoms with E-state index in [1.807, 2.05) is 0 Å². The zero-order valence-electron chi connectivity index (χ0n) is 5.91.